The van der Waals surface area contributed by atoms with Gasteiger partial charge in [0.2, 0.25) is 0 Å². The molecule has 1 aromatic carbocycles. The van der Waals surface area contributed by atoms with Gasteiger partial charge in [0.05, 0.1) is 5.60 Å². The second-order valence-corrected chi connectivity index (χ2v) is 5.13. The zero-order valence-electron chi connectivity index (χ0n) is 11.2. The number of hydrogen-bond donors (Lipinski definition) is 1. The summed E-state index contributed by atoms with van der Waals surface area (Å²) in [4.78, 5) is 0. The van der Waals surface area contributed by atoms with Crippen LogP contribution in [0.15, 0.2) is 18.2 Å². The normalized spacial score (nSPS) is 11.9. The van der Waals surface area contributed by atoms with Crippen LogP contribution in [0.25, 0.3) is 0 Å². The first-order chi connectivity index (χ1) is 8.84. The molecule has 0 saturated heterocycles. The van der Waals surface area contributed by atoms with Crippen LogP contribution in [0.5, 0.6) is 5.75 Å². The van der Waals surface area contributed by atoms with E-state index in [4.69, 9.17) is 16.3 Å². The molecular formula is C13H18ClF2NO2. The molecule has 6 heteroatoms. The van der Waals surface area contributed by atoms with Crippen LogP contribution in [0.4, 0.5) is 8.78 Å². The van der Waals surface area contributed by atoms with Gasteiger partial charge >= 0.3 is 6.61 Å². The molecule has 0 aliphatic heterocycles. The van der Waals surface area contributed by atoms with Gasteiger partial charge in [-0.25, -0.2) is 0 Å². The smallest absolute Gasteiger partial charge is 0.387 e. The van der Waals surface area contributed by atoms with Gasteiger partial charge in [-0.15, -0.1) is 0 Å². The number of nitrogens with one attached hydrogen (secondary N) is 1. The fraction of sp³-hybridized carbons (Fsp3) is 0.538. The van der Waals surface area contributed by atoms with Crippen LogP contribution in [0, 0.1) is 0 Å². The van der Waals surface area contributed by atoms with Gasteiger partial charge in [-0.05, 0) is 32.0 Å². The largest absolute Gasteiger partial charge is 0.434 e. The highest BCUT2D eigenvalue weighted by atomic mass is 35.5. The van der Waals surface area contributed by atoms with Crippen molar-refractivity contribution in [3.63, 3.8) is 0 Å². The number of hydrogen-bond acceptors (Lipinski definition) is 3. The Morgan fingerprint density at radius 3 is 2.63 bits per heavy atom. The summed E-state index contributed by atoms with van der Waals surface area (Å²) in [5.74, 6) is 0.127. The molecule has 0 aromatic heterocycles. The van der Waals surface area contributed by atoms with Gasteiger partial charge < -0.3 is 14.8 Å². The number of halogens is 3. The van der Waals surface area contributed by atoms with Gasteiger partial charge in [0.15, 0.2) is 0 Å². The molecule has 0 radical (unpaired) electrons. The fourth-order valence-electron chi connectivity index (χ4n) is 1.47. The molecule has 0 aliphatic carbocycles. The predicted octanol–water partition coefficient (Wildman–Crippen LogP) is 3.46. The van der Waals surface area contributed by atoms with Crippen molar-refractivity contribution < 1.29 is 18.3 Å². The highest BCUT2D eigenvalue weighted by Crippen LogP contribution is 2.24. The van der Waals surface area contributed by atoms with E-state index in [-0.39, 0.29) is 11.4 Å². The first-order valence-electron chi connectivity index (χ1n) is 5.83. The van der Waals surface area contributed by atoms with Gasteiger partial charge in [0, 0.05) is 30.8 Å². The molecule has 0 atom stereocenters. The zero-order chi connectivity index (χ0) is 14.5. The third-order valence-electron chi connectivity index (χ3n) is 2.66. The lowest BCUT2D eigenvalue weighted by Crippen LogP contribution is -2.36. The van der Waals surface area contributed by atoms with Crippen LogP contribution in [0.2, 0.25) is 5.02 Å². The minimum Gasteiger partial charge on any atom is -0.434 e. The first kappa shape index (κ1) is 16.1. The minimum absolute atomic E-state index is 0.127. The van der Waals surface area contributed by atoms with Gasteiger partial charge in [0.1, 0.15) is 5.75 Å². The molecule has 0 spiro atoms. The van der Waals surface area contributed by atoms with Gasteiger partial charge in [0.25, 0.3) is 0 Å². The Balaban J connectivity index is 2.68. The Bertz CT molecular complexity index is 414. The van der Waals surface area contributed by atoms with Crippen molar-refractivity contribution in [2.24, 2.45) is 0 Å². The summed E-state index contributed by atoms with van der Waals surface area (Å²) in [5.41, 5.74) is 0.252. The Morgan fingerprint density at radius 1 is 1.37 bits per heavy atom. The lowest BCUT2D eigenvalue weighted by molar-refractivity contribution is -0.0505. The summed E-state index contributed by atoms with van der Waals surface area (Å²) in [7, 11) is 1.62. The molecule has 0 amide bonds. The second-order valence-electron chi connectivity index (χ2n) is 4.70. The summed E-state index contributed by atoms with van der Waals surface area (Å²) in [6, 6.07) is 4.56. The van der Waals surface area contributed by atoms with Crippen LogP contribution in [0.3, 0.4) is 0 Å². The lowest BCUT2D eigenvalue weighted by Gasteiger charge is -2.23. The lowest BCUT2D eigenvalue weighted by atomic mass is 10.1. The number of rotatable bonds is 7. The molecule has 1 N–H and O–H groups in total. The van der Waals surface area contributed by atoms with Crippen LogP contribution in [-0.2, 0) is 11.3 Å². The Morgan fingerprint density at radius 2 is 2.05 bits per heavy atom. The average molecular weight is 294 g/mol. The second kappa shape index (κ2) is 7.03. The summed E-state index contributed by atoms with van der Waals surface area (Å²) in [6.45, 7) is 1.94. The number of ether oxygens (including phenoxy) is 2. The summed E-state index contributed by atoms with van der Waals surface area (Å²) >= 11 is 5.85. The number of methoxy groups -OCH3 is 1. The average Bonchev–Trinajstić information content (AvgIpc) is 2.32. The molecule has 0 unspecified atom stereocenters. The molecule has 0 fully saturated rings. The Labute approximate surface area is 116 Å². The third-order valence-corrected chi connectivity index (χ3v) is 2.89. The number of benzene rings is 1. The van der Waals surface area contributed by atoms with Gasteiger partial charge in [-0.2, -0.15) is 8.78 Å². The van der Waals surface area contributed by atoms with E-state index in [0.29, 0.717) is 23.7 Å². The monoisotopic (exact) mass is 293 g/mol. The van der Waals surface area contributed by atoms with E-state index in [9.17, 15) is 8.78 Å². The van der Waals surface area contributed by atoms with E-state index in [0.717, 1.165) is 0 Å². The zero-order valence-corrected chi connectivity index (χ0v) is 11.9. The fourth-order valence-corrected chi connectivity index (χ4v) is 1.66. The maximum absolute atomic E-state index is 12.3. The SMILES string of the molecule is COC(C)(C)CNCc1cc(Cl)ccc1OC(F)F. The molecule has 1 aromatic rings. The van der Waals surface area contributed by atoms with Crippen molar-refractivity contribution in [3.05, 3.63) is 28.8 Å². The van der Waals surface area contributed by atoms with E-state index in [1.807, 2.05) is 13.8 Å². The highest BCUT2D eigenvalue weighted by molar-refractivity contribution is 6.30. The summed E-state index contributed by atoms with van der Waals surface area (Å²) in [5, 5.41) is 3.60. The molecule has 19 heavy (non-hydrogen) atoms. The van der Waals surface area contributed by atoms with Gasteiger partial charge in [-0.3, -0.25) is 0 Å². The van der Waals surface area contributed by atoms with Crippen LogP contribution in [-0.4, -0.2) is 25.9 Å². The van der Waals surface area contributed by atoms with Crippen LogP contribution in [0.1, 0.15) is 19.4 Å². The van der Waals surface area contributed by atoms with E-state index in [1.165, 1.54) is 12.1 Å². The molecule has 0 heterocycles. The van der Waals surface area contributed by atoms with Crippen molar-refractivity contribution in [3.8, 4) is 5.75 Å². The van der Waals surface area contributed by atoms with Crippen molar-refractivity contribution in [2.45, 2.75) is 32.6 Å². The van der Waals surface area contributed by atoms with Crippen molar-refractivity contribution >= 4 is 11.6 Å². The van der Waals surface area contributed by atoms with E-state index in [1.54, 1.807) is 13.2 Å². The topological polar surface area (TPSA) is 30.5 Å². The van der Waals surface area contributed by atoms with Crippen molar-refractivity contribution in [2.75, 3.05) is 13.7 Å². The molecule has 3 nitrogen and oxygen atoms in total. The van der Waals surface area contributed by atoms with E-state index < -0.39 is 6.61 Å². The predicted molar refractivity (Wildman–Crippen MR) is 70.9 cm³/mol. The summed E-state index contributed by atoms with van der Waals surface area (Å²) in [6.07, 6.45) is 0. The van der Waals surface area contributed by atoms with Crippen molar-refractivity contribution in [1.82, 2.24) is 5.32 Å². The maximum atomic E-state index is 12.3. The highest BCUT2D eigenvalue weighted by Gasteiger charge is 2.16. The first-order valence-corrected chi connectivity index (χ1v) is 6.21. The van der Waals surface area contributed by atoms with E-state index >= 15 is 0 Å². The molecule has 0 aliphatic rings. The molecule has 1 rings (SSSR count). The molecule has 0 bridgehead atoms. The Hall–Kier alpha value is -0.910. The Kier molecular flexibility index (Phi) is 5.97. The van der Waals surface area contributed by atoms with E-state index in [2.05, 4.69) is 10.1 Å². The minimum atomic E-state index is -2.85. The van der Waals surface area contributed by atoms with Crippen LogP contribution < -0.4 is 10.1 Å². The molecule has 0 saturated carbocycles. The third kappa shape index (κ3) is 5.72. The number of alkyl halides is 2. The van der Waals surface area contributed by atoms with Crippen LogP contribution >= 0.6 is 11.6 Å². The summed E-state index contributed by atoms with van der Waals surface area (Å²) < 4.78 is 34.2. The molecule has 108 valence electrons. The van der Waals surface area contributed by atoms with Gasteiger partial charge in [-0.1, -0.05) is 11.6 Å². The van der Waals surface area contributed by atoms with Crippen molar-refractivity contribution in [1.29, 1.82) is 0 Å². The molecular weight excluding hydrogens is 276 g/mol. The maximum Gasteiger partial charge on any atom is 0.387 e. The standard InChI is InChI=1S/C13H18ClF2NO2/c1-13(2,18-3)8-17-7-9-6-10(14)4-5-11(9)19-12(15)16/h4-6,12,17H,7-8H2,1-3H3. The quantitative estimate of drug-likeness (QED) is 0.835.